The minimum Gasteiger partial charge on any atom is -0.491 e. The summed E-state index contributed by atoms with van der Waals surface area (Å²) < 4.78 is 5.72. The molecule has 4 N–H and O–H groups in total. The van der Waals surface area contributed by atoms with Crippen LogP contribution in [0.5, 0.6) is 5.75 Å². The number of fused-ring (bicyclic) bond motifs is 1. The second-order valence-electron chi connectivity index (χ2n) is 4.71. The second kappa shape index (κ2) is 6.73. The monoisotopic (exact) mass is 250 g/mol. The number of hydrogen-bond donors (Lipinski definition) is 3. The van der Waals surface area contributed by atoms with Crippen LogP contribution in [0.25, 0.3) is 0 Å². The molecule has 18 heavy (non-hydrogen) atoms. The Balaban J connectivity index is 1.81. The molecule has 0 saturated heterocycles. The lowest BCUT2D eigenvalue weighted by atomic mass is 10.1. The lowest BCUT2D eigenvalue weighted by Crippen LogP contribution is -2.34. The van der Waals surface area contributed by atoms with E-state index in [-0.39, 0.29) is 0 Å². The number of aryl methyl sites for hydroxylation is 1. The highest BCUT2D eigenvalue weighted by Crippen LogP contribution is 2.30. The van der Waals surface area contributed by atoms with Crippen LogP contribution in [0.15, 0.2) is 18.2 Å². The van der Waals surface area contributed by atoms with Crippen molar-refractivity contribution < 1.29 is 9.84 Å². The number of nitrogens with two attached hydrogens (primary N) is 1. The molecular formula is C14H22N2O2. The Hall–Kier alpha value is -1.10. The summed E-state index contributed by atoms with van der Waals surface area (Å²) in [5.74, 6) is 0.933. The molecule has 0 aromatic heterocycles. The van der Waals surface area contributed by atoms with Gasteiger partial charge < -0.3 is 20.9 Å². The van der Waals surface area contributed by atoms with Crippen molar-refractivity contribution in [3.8, 4) is 5.75 Å². The molecular weight excluding hydrogens is 228 g/mol. The Kier molecular flexibility index (Phi) is 4.99. The van der Waals surface area contributed by atoms with E-state index in [4.69, 9.17) is 10.5 Å². The van der Waals surface area contributed by atoms with E-state index in [1.54, 1.807) is 0 Å². The van der Waals surface area contributed by atoms with E-state index in [1.165, 1.54) is 17.5 Å². The molecule has 4 heteroatoms. The topological polar surface area (TPSA) is 67.5 Å². The second-order valence-corrected chi connectivity index (χ2v) is 4.71. The summed E-state index contributed by atoms with van der Waals surface area (Å²) in [5.41, 5.74) is 8.08. The SMILES string of the molecule is NCCNCC(O)COc1cccc2c1CCC2. The van der Waals surface area contributed by atoms with Crippen LogP contribution < -0.4 is 15.8 Å². The van der Waals surface area contributed by atoms with Gasteiger partial charge in [0.25, 0.3) is 0 Å². The maximum atomic E-state index is 9.76. The Morgan fingerprint density at radius 3 is 3.11 bits per heavy atom. The van der Waals surface area contributed by atoms with Gasteiger partial charge in [0.15, 0.2) is 0 Å². The molecule has 0 aliphatic heterocycles. The number of benzene rings is 1. The smallest absolute Gasteiger partial charge is 0.122 e. The molecule has 0 bridgehead atoms. The summed E-state index contributed by atoms with van der Waals surface area (Å²) in [6.45, 7) is 2.15. The summed E-state index contributed by atoms with van der Waals surface area (Å²) in [4.78, 5) is 0. The molecule has 1 aromatic rings. The molecule has 0 spiro atoms. The molecule has 1 aromatic carbocycles. The maximum absolute atomic E-state index is 9.76. The molecule has 0 amide bonds. The van der Waals surface area contributed by atoms with Crippen molar-refractivity contribution in [1.82, 2.24) is 5.32 Å². The predicted molar refractivity (Wildman–Crippen MR) is 71.9 cm³/mol. The van der Waals surface area contributed by atoms with Crippen LogP contribution in [0.4, 0.5) is 0 Å². The lowest BCUT2D eigenvalue weighted by molar-refractivity contribution is 0.106. The third-order valence-electron chi connectivity index (χ3n) is 3.24. The van der Waals surface area contributed by atoms with Gasteiger partial charge in [-0.25, -0.2) is 0 Å². The van der Waals surface area contributed by atoms with Gasteiger partial charge in [-0.1, -0.05) is 12.1 Å². The third-order valence-corrected chi connectivity index (χ3v) is 3.24. The van der Waals surface area contributed by atoms with E-state index in [9.17, 15) is 5.11 Å². The maximum Gasteiger partial charge on any atom is 0.122 e. The lowest BCUT2D eigenvalue weighted by Gasteiger charge is -2.15. The summed E-state index contributed by atoms with van der Waals surface area (Å²) >= 11 is 0. The van der Waals surface area contributed by atoms with E-state index in [1.807, 2.05) is 12.1 Å². The first-order valence-electron chi connectivity index (χ1n) is 6.63. The Bertz CT molecular complexity index is 382. The largest absolute Gasteiger partial charge is 0.491 e. The zero-order valence-corrected chi connectivity index (χ0v) is 10.7. The Morgan fingerprint density at radius 1 is 1.39 bits per heavy atom. The van der Waals surface area contributed by atoms with Crippen LogP contribution >= 0.6 is 0 Å². The Labute approximate surface area is 108 Å². The normalized spacial score (nSPS) is 15.4. The van der Waals surface area contributed by atoms with E-state index in [2.05, 4.69) is 11.4 Å². The first-order chi connectivity index (χ1) is 8.81. The van der Waals surface area contributed by atoms with Gasteiger partial charge in [-0.2, -0.15) is 0 Å². The van der Waals surface area contributed by atoms with Crippen LogP contribution in [0, 0.1) is 0 Å². The van der Waals surface area contributed by atoms with Gasteiger partial charge >= 0.3 is 0 Å². The van der Waals surface area contributed by atoms with Crippen molar-refractivity contribution in [1.29, 1.82) is 0 Å². The highest BCUT2D eigenvalue weighted by Gasteiger charge is 2.15. The van der Waals surface area contributed by atoms with Gasteiger partial charge in [0.2, 0.25) is 0 Å². The Morgan fingerprint density at radius 2 is 2.28 bits per heavy atom. The third kappa shape index (κ3) is 3.45. The molecule has 2 rings (SSSR count). The van der Waals surface area contributed by atoms with E-state index < -0.39 is 6.10 Å². The molecule has 0 saturated carbocycles. The fourth-order valence-corrected chi connectivity index (χ4v) is 2.34. The average Bonchev–Trinajstić information content (AvgIpc) is 2.85. The van der Waals surface area contributed by atoms with Crippen LogP contribution in [0.2, 0.25) is 0 Å². The molecule has 0 fully saturated rings. The number of rotatable bonds is 7. The minimum absolute atomic E-state index is 0.327. The molecule has 0 radical (unpaired) electrons. The highest BCUT2D eigenvalue weighted by atomic mass is 16.5. The van der Waals surface area contributed by atoms with Crippen LogP contribution in [-0.4, -0.2) is 37.5 Å². The van der Waals surface area contributed by atoms with Crippen molar-refractivity contribution in [3.05, 3.63) is 29.3 Å². The van der Waals surface area contributed by atoms with Gasteiger partial charge in [0, 0.05) is 19.6 Å². The molecule has 4 nitrogen and oxygen atoms in total. The van der Waals surface area contributed by atoms with Crippen LogP contribution in [0.3, 0.4) is 0 Å². The summed E-state index contributed by atoms with van der Waals surface area (Å²) in [6.07, 6.45) is 2.95. The van der Waals surface area contributed by atoms with Gasteiger partial charge in [-0.3, -0.25) is 0 Å². The van der Waals surface area contributed by atoms with Crippen molar-refractivity contribution in [2.45, 2.75) is 25.4 Å². The molecule has 1 unspecified atom stereocenters. The fraction of sp³-hybridized carbons (Fsp3) is 0.571. The molecule has 1 aliphatic rings. The van der Waals surface area contributed by atoms with Gasteiger partial charge in [-0.15, -0.1) is 0 Å². The minimum atomic E-state index is -0.492. The quantitative estimate of drug-likeness (QED) is 0.615. The number of ether oxygens (including phenoxy) is 1. The summed E-state index contributed by atoms with van der Waals surface area (Å²) in [5, 5.41) is 12.8. The predicted octanol–water partition coefficient (Wildman–Crippen LogP) is 0.463. The van der Waals surface area contributed by atoms with Gasteiger partial charge in [0.05, 0.1) is 0 Å². The zero-order chi connectivity index (χ0) is 12.8. The fourth-order valence-electron chi connectivity index (χ4n) is 2.34. The number of hydrogen-bond acceptors (Lipinski definition) is 4. The number of aliphatic hydroxyl groups is 1. The van der Waals surface area contributed by atoms with Crippen LogP contribution in [-0.2, 0) is 12.8 Å². The summed E-state index contributed by atoms with van der Waals surface area (Å²) in [7, 11) is 0. The van der Waals surface area contributed by atoms with E-state index in [0.29, 0.717) is 19.7 Å². The van der Waals surface area contributed by atoms with E-state index >= 15 is 0 Å². The molecule has 1 aliphatic carbocycles. The van der Waals surface area contributed by atoms with Crippen molar-refractivity contribution in [3.63, 3.8) is 0 Å². The standard InChI is InChI=1S/C14H22N2O2/c15-7-8-16-9-12(17)10-18-14-6-2-4-11-3-1-5-13(11)14/h2,4,6,12,16-17H,1,3,5,7-10,15H2. The highest BCUT2D eigenvalue weighted by molar-refractivity contribution is 5.42. The molecule has 100 valence electrons. The summed E-state index contributed by atoms with van der Waals surface area (Å²) in [6, 6.07) is 6.18. The van der Waals surface area contributed by atoms with Gasteiger partial charge in [0.1, 0.15) is 18.5 Å². The first-order valence-corrected chi connectivity index (χ1v) is 6.63. The van der Waals surface area contributed by atoms with Crippen molar-refractivity contribution >= 4 is 0 Å². The van der Waals surface area contributed by atoms with Crippen molar-refractivity contribution in [2.24, 2.45) is 5.73 Å². The molecule has 0 heterocycles. The number of nitrogens with one attached hydrogen (secondary N) is 1. The van der Waals surface area contributed by atoms with E-state index in [0.717, 1.165) is 25.1 Å². The number of aliphatic hydroxyl groups excluding tert-OH is 1. The molecule has 1 atom stereocenters. The first kappa shape index (κ1) is 13.3. The van der Waals surface area contributed by atoms with Crippen molar-refractivity contribution in [2.75, 3.05) is 26.2 Å². The van der Waals surface area contributed by atoms with Gasteiger partial charge in [-0.05, 0) is 36.5 Å². The zero-order valence-electron chi connectivity index (χ0n) is 10.7. The van der Waals surface area contributed by atoms with Crippen LogP contribution in [0.1, 0.15) is 17.5 Å². The average molecular weight is 250 g/mol.